The first kappa shape index (κ1) is 16.8. The molecule has 6 heteroatoms. The van der Waals surface area contributed by atoms with E-state index in [0.717, 1.165) is 0 Å². The standard InChI is InChI=1S/C17H16ClNO4/c1-11(17(20)21)23-16-12(5-3-8-15(16)22-2)10-19-14-7-4-6-13(18)9-14/h3-11H,1-2H3,(H,20,21)/t11-/m1/s1. The van der Waals surface area contributed by atoms with Crippen LogP contribution in [0, 0.1) is 0 Å². The van der Waals surface area contributed by atoms with Gasteiger partial charge in [0.25, 0.3) is 0 Å². The minimum atomic E-state index is -1.06. The number of hydrogen-bond acceptors (Lipinski definition) is 4. The van der Waals surface area contributed by atoms with Gasteiger partial charge in [-0.2, -0.15) is 0 Å². The van der Waals surface area contributed by atoms with Crippen LogP contribution in [0.5, 0.6) is 11.5 Å². The van der Waals surface area contributed by atoms with Crippen molar-refractivity contribution < 1.29 is 19.4 Å². The van der Waals surface area contributed by atoms with E-state index in [-0.39, 0.29) is 0 Å². The van der Waals surface area contributed by atoms with E-state index < -0.39 is 12.1 Å². The molecular weight excluding hydrogens is 318 g/mol. The smallest absolute Gasteiger partial charge is 0.344 e. The Morgan fingerprint density at radius 1 is 1.30 bits per heavy atom. The zero-order valence-electron chi connectivity index (χ0n) is 12.7. The van der Waals surface area contributed by atoms with E-state index in [9.17, 15) is 4.79 Å². The number of rotatable bonds is 6. The van der Waals surface area contributed by atoms with E-state index in [4.69, 9.17) is 26.2 Å². The fourth-order valence-electron chi connectivity index (χ4n) is 1.85. The molecule has 0 radical (unpaired) electrons. The van der Waals surface area contributed by atoms with Crippen molar-refractivity contribution in [3.63, 3.8) is 0 Å². The third-order valence-electron chi connectivity index (χ3n) is 3.03. The molecule has 0 aliphatic heterocycles. The average Bonchev–Trinajstić information content (AvgIpc) is 2.53. The summed E-state index contributed by atoms with van der Waals surface area (Å²) in [6, 6.07) is 12.3. The Kier molecular flexibility index (Phi) is 5.60. The number of benzene rings is 2. The molecule has 0 fully saturated rings. The first-order chi connectivity index (χ1) is 11.0. The van der Waals surface area contributed by atoms with Gasteiger partial charge >= 0.3 is 5.97 Å². The zero-order valence-corrected chi connectivity index (χ0v) is 13.4. The molecule has 5 nitrogen and oxygen atoms in total. The van der Waals surface area contributed by atoms with Gasteiger partial charge in [0.15, 0.2) is 17.6 Å². The summed E-state index contributed by atoms with van der Waals surface area (Å²) in [6.45, 7) is 1.45. The van der Waals surface area contributed by atoms with Gasteiger partial charge in [0.05, 0.1) is 12.8 Å². The Hall–Kier alpha value is -2.53. The minimum absolute atomic E-state index is 0.329. The third kappa shape index (κ3) is 4.47. The lowest BCUT2D eigenvalue weighted by Gasteiger charge is -2.15. The molecule has 2 aromatic carbocycles. The lowest BCUT2D eigenvalue weighted by atomic mass is 10.2. The lowest BCUT2D eigenvalue weighted by molar-refractivity contribution is -0.144. The number of aliphatic carboxylic acids is 1. The predicted molar refractivity (Wildman–Crippen MR) is 89.4 cm³/mol. The lowest BCUT2D eigenvalue weighted by Crippen LogP contribution is -2.23. The van der Waals surface area contributed by atoms with Crippen molar-refractivity contribution in [2.24, 2.45) is 4.99 Å². The van der Waals surface area contributed by atoms with Crippen LogP contribution in [0.25, 0.3) is 0 Å². The summed E-state index contributed by atoms with van der Waals surface area (Å²) >= 11 is 5.93. The van der Waals surface area contributed by atoms with Crippen LogP contribution in [-0.2, 0) is 4.79 Å². The minimum Gasteiger partial charge on any atom is -0.493 e. The number of nitrogens with zero attached hydrogens (tertiary/aromatic N) is 1. The normalized spacial score (nSPS) is 12.1. The number of para-hydroxylation sites is 1. The van der Waals surface area contributed by atoms with E-state index in [0.29, 0.717) is 27.8 Å². The van der Waals surface area contributed by atoms with Gasteiger partial charge in [-0.25, -0.2) is 4.79 Å². The maximum absolute atomic E-state index is 11.0. The van der Waals surface area contributed by atoms with Crippen molar-refractivity contribution in [2.75, 3.05) is 7.11 Å². The maximum atomic E-state index is 11.0. The molecule has 120 valence electrons. The van der Waals surface area contributed by atoms with Crippen molar-refractivity contribution in [3.05, 3.63) is 53.1 Å². The molecule has 1 N–H and O–H groups in total. The van der Waals surface area contributed by atoms with Gasteiger partial charge in [-0.1, -0.05) is 23.7 Å². The largest absolute Gasteiger partial charge is 0.493 e. The molecule has 23 heavy (non-hydrogen) atoms. The summed E-state index contributed by atoms with van der Waals surface area (Å²) in [7, 11) is 1.49. The first-order valence-electron chi connectivity index (χ1n) is 6.87. The molecule has 0 aliphatic carbocycles. The summed E-state index contributed by atoms with van der Waals surface area (Å²) in [6.07, 6.45) is 0.572. The van der Waals surface area contributed by atoms with Crippen molar-refractivity contribution in [1.82, 2.24) is 0 Å². The van der Waals surface area contributed by atoms with Gasteiger partial charge in [0.2, 0.25) is 0 Å². The monoisotopic (exact) mass is 333 g/mol. The van der Waals surface area contributed by atoms with Crippen molar-refractivity contribution >= 4 is 29.5 Å². The average molecular weight is 334 g/mol. The molecule has 0 heterocycles. The van der Waals surface area contributed by atoms with Crippen LogP contribution < -0.4 is 9.47 Å². The summed E-state index contributed by atoms with van der Waals surface area (Å²) in [5, 5.41) is 9.61. The van der Waals surface area contributed by atoms with Crippen molar-refractivity contribution in [2.45, 2.75) is 13.0 Å². The number of aliphatic imine (C=N–C) groups is 1. The third-order valence-corrected chi connectivity index (χ3v) is 3.27. The van der Waals surface area contributed by atoms with E-state index in [1.54, 1.807) is 42.6 Å². The molecule has 1 atom stereocenters. The van der Waals surface area contributed by atoms with E-state index in [2.05, 4.69) is 4.99 Å². The fraction of sp³-hybridized carbons (Fsp3) is 0.176. The number of halogens is 1. The molecule has 2 rings (SSSR count). The Morgan fingerprint density at radius 3 is 2.70 bits per heavy atom. The topological polar surface area (TPSA) is 68.1 Å². The first-order valence-corrected chi connectivity index (χ1v) is 7.25. The molecule has 0 unspecified atom stereocenters. The van der Waals surface area contributed by atoms with E-state index in [1.165, 1.54) is 14.0 Å². The van der Waals surface area contributed by atoms with Gasteiger partial charge in [-0.15, -0.1) is 0 Å². The SMILES string of the molecule is COc1cccc(C=Nc2cccc(Cl)c2)c1O[C@H](C)C(=O)O. The number of carboxylic acids is 1. The second kappa shape index (κ2) is 7.65. The van der Waals surface area contributed by atoms with Gasteiger partial charge in [0, 0.05) is 16.8 Å². The summed E-state index contributed by atoms with van der Waals surface area (Å²) in [5.74, 6) is -0.294. The molecule has 2 aromatic rings. The molecular formula is C17H16ClNO4. The number of carboxylic acid groups (broad SMARTS) is 1. The van der Waals surface area contributed by atoms with Gasteiger partial charge in [0.1, 0.15) is 0 Å². The second-order valence-electron chi connectivity index (χ2n) is 4.72. The van der Waals surface area contributed by atoms with Crippen LogP contribution in [0.3, 0.4) is 0 Å². The van der Waals surface area contributed by atoms with Crippen LogP contribution in [0.2, 0.25) is 5.02 Å². The number of hydrogen-bond donors (Lipinski definition) is 1. The van der Waals surface area contributed by atoms with Crippen LogP contribution in [0.4, 0.5) is 5.69 Å². The van der Waals surface area contributed by atoms with Crippen LogP contribution in [0.15, 0.2) is 47.5 Å². The van der Waals surface area contributed by atoms with Gasteiger partial charge in [-0.3, -0.25) is 4.99 Å². The molecule has 0 aliphatic rings. The van der Waals surface area contributed by atoms with Crippen molar-refractivity contribution in [1.29, 1.82) is 0 Å². The highest BCUT2D eigenvalue weighted by Crippen LogP contribution is 2.31. The quantitative estimate of drug-likeness (QED) is 0.813. The fourth-order valence-corrected chi connectivity index (χ4v) is 2.03. The van der Waals surface area contributed by atoms with Crippen molar-refractivity contribution in [3.8, 4) is 11.5 Å². The molecule has 0 spiro atoms. The van der Waals surface area contributed by atoms with Crippen LogP contribution >= 0.6 is 11.6 Å². The van der Waals surface area contributed by atoms with E-state index >= 15 is 0 Å². The summed E-state index contributed by atoms with van der Waals surface area (Å²) in [5.41, 5.74) is 1.29. The summed E-state index contributed by atoms with van der Waals surface area (Å²) < 4.78 is 10.7. The highest BCUT2D eigenvalue weighted by molar-refractivity contribution is 6.30. The van der Waals surface area contributed by atoms with Crippen LogP contribution in [-0.4, -0.2) is 30.5 Å². The van der Waals surface area contributed by atoms with Crippen LogP contribution in [0.1, 0.15) is 12.5 Å². The Balaban J connectivity index is 2.35. The Labute approximate surface area is 139 Å². The number of carbonyl (C=O) groups is 1. The van der Waals surface area contributed by atoms with E-state index in [1.807, 2.05) is 6.07 Å². The zero-order chi connectivity index (χ0) is 16.8. The Bertz CT molecular complexity index is 730. The second-order valence-corrected chi connectivity index (χ2v) is 5.15. The number of ether oxygens (including phenoxy) is 2. The van der Waals surface area contributed by atoms with Gasteiger partial charge < -0.3 is 14.6 Å². The maximum Gasteiger partial charge on any atom is 0.344 e. The highest BCUT2D eigenvalue weighted by atomic mass is 35.5. The number of methoxy groups -OCH3 is 1. The molecule has 0 aromatic heterocycles. The molecule has 0 amide bonds. The van der Waals surface area contributed by atoms with Gasteiger partial charge in [-0.05, 0) is 37.3 Å². The highest BCUT2D eigenvalue weighted by Gasteiger charge is 2.17. The molecule has 0 saturated heterocycles. The molecule has 0 saturated carbocycles. The Morgan fingerprint density at radius 2 is 2.04 bits per heavy atom. The summed E-state index contributed by atoms with van der Waals surface area (Å²) in [4.78, 5) is 15.4. The molecule has 0 bridgehead atoms. The predicted octanol–water partition coefficient (Wildman–Crippen LogP) is 3.95.